The Kier molecular flexibility index (Phi) is 7.30. The van der Waals surface area contributed by atoms with Crippen molar-refractivity contribution >= 4 is 52.9 Å². The van der Waals surface area contributed by atoms with Crippen molar-refractivity contribution in [3.8, 4) is 5.75 Å². The molecular weight excluding hydrogens is 572 g/mol. The molecule has 2 heterocycles. The molecule has 0 aromatic heterocycles. The van der Waals surface area contributed by atoms with Gasteiger partial charge < -0.3 is 20.1 Å². The van der Waals surface area contributed by atoms with Gasteiger partial charge in [0.05, 0.1) is 18.0 Å². The number of methoxy groups -OCH3 is 1. The third-order valence-corrected chi connectivity index (χ3v) is 9.09. The van der Waals surface area contributed by atoms with Crippen molar-refractivity contribution in [2.45, 2.75) is 41.6 Å². The molecule has 0 bridgehead atoms. The first-order chi connectivity index (χ1) is 20.7. The van der Waals surface area contributed by atoms with E-state index >= 15 is 0 Å². The Balaban J connectivity index is 1.25. The minimum atomic E-state index is -1.19. The van der Waals surface area contributed by atoms with Crippen LogP contribution in [0, 0.1) is 0 Å². The van der Waals surface area contributed by atoms with E-state index in [2.05, 4.69) is 16.0 Å². The quantitative estimate of drug-likeness (QED) is 0.289. The van der Waals surface area contributed by atoms with Gasteiger partial charge in [-0.2, -0.15) is 0 Å². The van der Waals surface area contributed by atoms with Crippen molar-refractivity contribution in [2.75, 3.05) is 23.9 Å². The van der Waals surface area contributed by atoms with Crippen LogP contribution in [0.25, 0.3) is 0 Å². The first-order valence-electron chi connectivity index (χ1n) is 13.6. The Labute approximate surface area is 251 Å². The summed E-state index contributed by atoms with van der Waals surface area (Å²) in [5, 5.41) is 7.29. The van der Waals surface area contributed by atoms with Crippen molar-refractivity contribution < 1.29 is 33.4 Å². The molecule has 1 spiro atoms. The second-order valence-corrected chi connectivity index (χ2v) is 11.8. The summed E-state index contributed by atoms with van der Waals surface area (Å²) in [5.41, 5.74) is 2.49. The summed E-state index contributed by atoms with van der Waals surface area (Å²) in [6.07, 6.45) is -0.534. The van der Waals surface area contributed by atoms with Crippen LogP contribution >= 0.6 is 11.8 Å². The molecule has 5 amide bonds. The van der Waals surface area contributed by atoms with Gasteiger partial charge in [0.25, 0.3) is 11.8 Å². The fourth-order valence-corrected chi connectivity index (χ4v) is 7.06. The van der Waals surface area contributed by atoms with Crippen LogP contribution < -0.4 is 25.6 Å². The van der Waals surface area contributed by atoms with Gasteiger partial charge in [-0.05, 0) is 53.1 Å². The summed E-state index contributed by atoms with van der Waals surface area (Å²) in [7, 11) is 1.56. The Bertz CT molecular complexity index is 1660. The molecule has 6 rings (SSSR count). The van der Waals surface area contributed by atoms with Gasteiger partial charge in [-0.3, -0.25) is 29.4 Å². The number of urea groups is 1. The molecule has 3 aromatic carbocycles. The topological polar surface area (TPSA) is 143 Å². The number of nitrogens with zero attached hydrogens (tertiary/aromatic N) is 1. The molecule has 0 saturated carbocycles. The summed E-state index contributed by atoms with van der Waals surface area (Å²) in [6.45, 7) is 0.916. The number of ether oxygens (including phenoxy) is 2. The number of amides is 5. The molecule has 43 heavy (non-hydrogen) atoms. The molecular formula is C31H28N4O7S. The molecule has 11 nitrogen and oxygen atoms in total. The average molecular weight is 601 g/mol. The normalized spacial score (nSPS) is 22.3. The van der Waals surface area contributed by atoms with Crippen molar-refractivity contribution in [2.24, 2.45) is 0 Å². The van der Waals surface area contributed by atoms with Crippen LogP contribution in [-0.2, 0) is 36.8 Å². The van der Waals surface area contributed by atoms with Crippen LogP contribution in [0.4, 0.5) is 16.2 Å². The summed E-state index contributed by atoms with van der Waals surface area (Å²) in [5.74, 6) is -1.32. The predicted octanol–water partition coefficient (Wildman–Crippen LogP) is 3.12. The Morgan fingerprint density at radius 2 is 1.77 bits per heavy atom. The number of para-hydroxylation sites is 1. The molecule has 1 fully saturated rings. The van der Waals surface area contributed by atoms with Gasteiger partial charge >= 0.3 is 12.0 Å². The molecule has 12 heteroatoms. The summed E-state index contributed by atoms with van der Waals surface area (Å²) >= 11 is 1.38. The molecule has 3 aromatic rings. The zero-order valence-electron chi connectivity index (χ0n) is 23.3. The standard InChI is InChI=1S/C31H28N4O7S/c1-17(36)42-26-27(18-8-11-22(41-2)12-9-18)43-24-6-4-3-5-23(24)35(28(26)38)16-25(37)32-21-10-7-19-14-31(15-20(19)13-21)29(39)33-30(40)34-31/h3-13,26-27H,14-16H2,1-2H3,(H,32,37)(H2,33,34,39,40)/t26-,27-,31?/m1/s1. The maximum Gasteiger partial charge on any atom is 0.322 e. The highest BCUT2D eigenvalue weighted by molar-refractivity contribution is 7.99. The SMILES string of the molecule is COc1ccc([C@H]2Sc3ccccc3N(CC(=O)Nc3ccc4c(c3)CC3(C4)NC(=O)NC3=O)C(=O)[C@@H]2OC(C)=O)cc1. The third-order valence-electron chi connectivity index (χ3n) is 7.72. The van der Waals surface area contributed by atoms with Gasteiger partial charge in [-0.1, -0.05) is 30.3 Å². The molecule has 1 saturated heterocycles. The highest BCUT2D eigenvalue weighted by Crippen LogP contribution is 2.47. The lowest BCUT2D eigenvalue weighted by atomic mass is 9.96. The monoisotopic (exact) mass is 600 g/mol. The number of anilines is 2. The molecule has 1 unspecified atom stereocenters. The second-order valence-electron chi connectivity index (χ2n) is 10.6. The van der Waals surface area contributed by atoms with Crippen molar-refractivity contribution in [3.05, 3.63) is 83.4 Å². The van der Waals surface area contributed by atoms with Crippen LogP contribution in [0.2, 0.25) is 0 Å². The van der Waals surface area contributed by atoms with E-state index in [4.69, 9.17) is 9.47 Å². The number of carbonyl (C=O) groups is 5. The number of thioether (sulfide) groups is 1. The number of nitrogens with one attached hydrogen (secondary N) is 3. The van der Waals surface area contributed by atoms with E-state index < -0.39 is 40.7 Å². The van der Waals surface area contributed by atoms with E-state index in [0.717, 1.165) is 21.6 Å². The minimum Gasteiger partial charge on any atom is -0.497 e. The van der Waals surface area contributed by atoms with Gasteiger partial charge in [0.15, 0.2) is 6.10 Å². The Morgan fingerprint density at radius 3 is 2.47 bits per heavy atom. The summed E-state index contributed by atoms with van der Waals surface area (Å²) < 4.78 is 10.9. The maximum absolute atomic E-state index is 14.1. The van der Waals surface area contributed by atoms with Crippen LogP contribution in [0.5, 0.6) is 5.75 Å². The van der Waals surface area contributed by atoms with Gasteiger partial charge in [-0.15, -0.1) is 11.8 Å². The van der Waals surface area contributed by atoms with Crippen molar-refractivity contribution in [1.82, 2.24) is 10.6 Å². The second kappa shape index (κ2) is 11.1. The van der Waals surface area contributed by atoms with Gasteiger partial charge in [0, 0.05) is 30.3 Å². The summed E-state index contributed by atoms with van der Waals surface area (Å²) in [4.78, 5) is 65.9. The average Bonchev–Trinajstić information content (AvgIpc) is 3.45. The lowest BCUT2D eigenvalue weighted by molar-refractivity contribution is -0.152. The smallest absolute Gasteiger partial charge is 0.322 e. The fraction of sp³-hybridized carbons (Fsp3) is 0.258. The highest BCUT2D eigenvalue weighted by atomic mass is 32.2. The van der Waals surface area contributed by atoms with E-state index in [1.165, 1.54) is 23.6 Å². The molecule has 3 atom stereocenters. The molecule has 3 aliphatic rings. The van der Waals surface area contributed by atoms with Crippen LogP contribution in [0.3, 0.4) is 0 Å². The molecule has 3 N–H and O–H groups in total. The van der Waals surface area contributed by atoms with Crippen LogP contribution in [-0.4, -0.2) is 55.0 Å². The van der Waals surface area contributed by atoms with Gasteiger partial charge in [-0.25, -0.2) is 4.79 Å². The largest absolute Gasteiger partial charge is 0.497 e. The number of carbonyl (C=O) groups excluding carboxylic acids is 5. The Morgan fingerprint density at radius 1 is 1.02 bits per heavy atom. The lowest BCUT2D eigenvalue weighted by Crippen LogP contribution is -2.47. The lowest BCUT2D eigenvalue weighted by Gasteiger charge is -2.27. The molecule has 220 valence electrons. The number of hydrogen-bond acceptors (Lipinski definition) is 8. The van der Waals surface area contributed by atoms with E-state index in [9.17, 15) is 24.0 Å². The van der Waals surface area contributed by atoms with Crippen molar-refractivity contribution in [1.29, 1.82) is 0 Å². The van der Waals surface area contributed by atoms with E-state index in [0.29, 0.717) is 30.0 Å². The van der Waals surface area contributed by atoms with Crippen molar-refractivity contribution in [3.63, 3.8) is 0 Å². The molecule has 2 aliphatic heterocycles. The first kappa shape index (κ1) is 28.3. The number of hydrogen-bond donors (Lipinski definition) is 3. The minimum absolute atomic E-state index is 0.301. The van der Waals surface area contributed by atoms with Crippen LogP contribution in [0.15, 0.2) is 71.6 Å². The fourth-order valence-electron chi connectivity index (χ4n) is 5.75. The zero-order chi connectivity index (χ0) is 30.3. The number of esters is 1. The summed E-state index contributed by atoms with van der Waals surface area (Å²) in [6, 6.07) is 19.2. The van der Waals surface area contributed by atoms with Crippen LogP contribution in [0.1, 0.15) is 28.9 Å². The number of rotatable bonds is 6. The number of fused-ring (bicyclic) bond motifs is 2. The predicted molar refractivity (Wildman–Crippen MR) is 158 cm³/mol. The Hall–Kier alpha value is -4.84. The molecule has 0 radical (unpaired) electrons. The first-order valence-corrected chi connectivity index (χ1v) is 14.5. The van der Waals surface area contributed by atoms with E-state index in [1.54, 1.807) is 43.5 Å². The highest BCUT2D eigenvalue weighted by Gasteiger charge is 2.50. The third kappa shape index (κ3) is 5.41. The zero-order valence-corrected chi connectivity index (χ0v) is 24.2. The number of imide groups is 1. The maximum atomic E-state index is 14.1. The molecule has 1 aliphatic carbocycles. The van der Waals surface area contributed by atoms with Gasteiger partial charge in [0.1, 0.15) is 17.8 Å². The number of benzene rings is 3. The van der Waals surface area contributed by atoms with E-state index in [1.807, 2.05) is 30.3 Å². The van der Waals surface area contributed by atoms with E-state index in [-0.39, 0.29) is 12.5 Å². The van der Waals surface area contributed by atoms with Gasteiger partial charge in [0.2, 0.25) is 5.91 Å².